The number of carbonyl (C=O) groups excluding carboxylic acids is 1. The highest BCUT2D eigenvalue weighted by Crippen LogP contribution is 2.27. The molecule has 0 spiro atoms. The lowest BCUT2D eigenvalue weighted by Gasteiger charge is -2.23. The number of anilines is 1. The number of rotatable bonds is 8. The number of ether oxygens (including phenoxy) is 1. The van der Waals surface area contributed by atoms with Crippen LogP contribution in [0.5, 0.6) is 5.75 Å². The van der Waals surface area contributed by atoms with E-state index in [0.717, 1.165) is 21.2 Å². The molecule has 3 aromatic rings. The second-order valence-corrected chi connectivity index (χ2v) is 11.3. The van der Waals surface area contributed by atoms with Crippen LogP contribution in [-0.4, -0.2) is 20.9 Å². The Balaban J connectivity index is 1.72. The van der Waals surface area contributed by atoms with Gasteiger partial charge in [-0.15, -0.1) is 0 Å². The largest absolute Gasteiger partial charge is 0.494 e. The Kier molecular flexibility index (Phi) is 7.82. The third-order valence-corrected chi connectivity index (χ3v) is 7.34. The van der Waals surface area contributed by atoms with E-state index in [4.69, 9.17) is 4.74 Å². The molecule has 0 aliphatic rings. The van der Waals surface area contributed by atoms with E-state index in [2.05, 4.69) is 20.8 Å². The van der Waals surface area contributed by atoms with Crippen molar-refractivity contribution in [2.24, 2.45) is 0 Å². The fraction of sp³-hybridized carbons (Fsp3) is 0.321. The number of sulfonamides is 1. The monoisotopic (exact) mass is 479 g/mol. The molecule has 180 valence electrons. The van der Waals surface area contributed by atoms with Crippen molar-refractivity contribution in [1.82, 2.24) is 0 Å². The molecule has 34 heavy (non-hydrogen) atoms. The molecule has 0 aromatic heterocycles. The van der Waals surface area contributed by atoms with E-state index >= 15 is 0 Å². The minimum absolute atomic E-state index is 0.0407. The third-order valence-electron chi connectivity index (χ3n) is 5.58. The summed E-state index contributed by atoms with van der Waals surface area (Å²) in [6.07, 6.45) is 0.435. The van der Waals surface area contributed by atoms with Crippen LogP contribution in [0.2, 0.25) is 0 Å². The molecule has 0 heterocycles. The number of nitrogens with zero attached hydrogens (tertiary/aromatic N) is 1. The normalized spacial score (nSPS) is 11.8. The zero-order valence-electron chi connectivity index (χ0n) is 20.5. The first kappa shape index (κ1) is 25.5. The summed E-state index contributed by atoms with van der Waals surface area (Å²) < 4.78 is 33.5. The van der Waals surface area contributed by atoms with Gasteiger partial charge < -0.3 is 4.74 Å². The summed E-state index contributed by atoms with van der Waals surface area (Å²) in [4.78, 5) is 13.3. The maximum absolute atomic E-state index is 13.4. The molecule has 0 saturated heterocycles. The zero-order chi connectivity index (χ0) is 24.9. The van der Waals surface area contributed by atoms with Gasteiger partial charge in [-0.1, -0.05) is 68.3 Å². The van der Waals surface area contributed by atoms with Crippen molar-refractivity contribution in [3.63, 3.8) is 0 Å². The van der Waals surface area contributed by atoms with Crippen LogP contribution in [0.4, 0.5) is 5.69 Å². The van der Waals surface area contributed by atoms with E-state index < -0.39 is 15.9 Å². The lowest BCUT2D eigenvalue weighted by molar-refractivity contribution is -0.117. The first-order chi connectivity index (χ1) is 16.0. The number of aryl methyl sites for hydroxylation is 2. The summed E-state index contributed by atoms with van der Waals surface area (Å²) >= 11 is 0. The first-order valence-corrected chi connectivity index (χ1v) is 12.9. The van der Waals surface area contributed by atoms with Crippen LogP contribution in [0, 0.1) is 13.8 Å². The van der Waals surface area contributed by atoms with Crippen molar-refractivity contribution < 1.29 is 17.9 Å². The maximum Gasteiger partial charge on any atom is 0.270 e. The molecule has 0 saturated carbocycles. The molecule has 0 bridgehead atoms. The maximum atomic E-state index is 13.4. The van der Waals surface area contributed by atoms with Gasteiger partial charge in [0.1, 0.15) is 5.75 Å². The summed E-state index contributed by atoms with van der Waals surface area (Å²) in [5.74, 6) is 0.235. The van der Waals surface area contributed by atoms with Gasteiger partial charge in [-0.25, -0.2) is 12.7 Å². The molecule has 0 N–H and O–H groups in total. The molecule has 0 aliphatic heterocycles. The van der Waals surface area contributed by atoms with Crippen molar-refractivity contribution in [2.45, 2.75) is 57.8 Å². The van der Waals surface area contributed by atoms with Crippen LogP contribution >= 0.6 is 0 Å². The minimum atomic E-state index is -4.05. The summed E-state index contributed by atoms with van der Waals surface area (Å²) in [6, 6.07) is 21.3. The number of hydrogen-bond donors (Lipinski definition) is 0. The predicted octanol–water partition coefficient (Wildman–Crippen LogP) is 6.18. The Morgan fingerprint density at radius 3 is 1.88 bits per heavy atom. The molecule has 0 fully saturated rings. The predicted molar refractivity (Wildman–Crippen MR) is 137 cm³/mol. The Hall–Kier alpha value is -3.12. The highest BCUT2D eigenvalue weighted by molar-refractivity contribution is 7.93. The van der Waals surface area contributed by atoms with Gasteiger partial charge in [-0.2, -0.15) is 0 Å². The van der Waals surface area contributed by atoms with Crippen LogP contribution < -0.4 is 9.04 Å². The lowest BCUT2D eigenvalue weighted by Crippen LogP contribution is -2.37. The third kappa shape index (κ3) is 6.26. The van der Waals surface area contributed by atoms with Gasteiger partial charge >= 0.3 is 0 Å². The minimum Gasteiger partial charge on any atom is -0.494 e. The summed E-state index contributed by atoms with van der Waals surface area (Å²) in [7, 11) is -4.05. The average molecular weight is 480 g/mol. The van der Waals surface area contributed by atoms with E-state index in [1.807, 2.05) is 38.1 Å². The Bertz CT molecular complexity index is 1210. The quantitative estimate of drug-likeness (QED) is 0.362. The smallest absolute Gasteiger partial charge is 0.270 e. The summed E-state index contributed by atoms with van der Waals surface area (Å²) in [6.45, 7) is 10.6. The Labute approximate surface area is 203 Å². The molecular formula is C28H33NO4S. The second-order valence-electron chi connectivity index (χ2n) is 9.54. The number of benzene rings is 3. The number of amides is 1. The van der Waals surface area contributed by atoms with Crippen molar-refractivity contribution >= 4 is 21.6 Å². The van der Waals surface area contributed by atoms with Crippen LogP contribution in [0.25, 0.3) is 0 Å². The van der Waals surface area contributed by atoms with Crippen LogP contribution in [0.1, 0.15) is 50.3 Å². The van der Waals surface area contributed by atoms with Crippen LogP contribution in [-0.2, 0) is 20.2 Å². The van der Waals surface area contributed by atoms with Crippen molar-refractivity contribution in [2.75, 3.05) is 10.9 Å². The van der Waals surface area contributed by atoms with E-state index in [9.17, 15) is 13.2 Å². The van der Waals surface area contributed by atoms with E-state index in [0.29, 0.717) is 18.7 Å². The van der Waals surface area contributed by atoms with E-state index in [1.54, 1.807) is 36.4 Å². The second kappa shape index (κ2) is 10.4. The summed E-state index contributed by atoms with van der Waals surface area (Å²) in [5.41, 5.74) is 3.53. The molecule has 6 heteroatoms. The SMILES string of the molecule is Cc1ccc(N(C(=O)CCCOc2ccc(C(C)(C)C)cc2)S(=O)(=O)c2ccc(C)cc2)cc1. The van der Waals surface area contributed by atoms with Crippen molar-refractivity contribution in [3.05, 3.63) is 89.5 Å². The number of hydrogen-bond acceptors (Lipinski definition) is 4. The molecule has 3 rings (SSSR count). The molecule has 1 amide bonds. The van der Waals surface area contributed by atoms with Crippen molar-refractivity contribution in [1.29, 1.82) is 0 Å². The van der Waals surface area contributed by atoms with Crippen LogP contribution in [0.3, 0.4) is 0 Å². The summed E-state index contributed by atoms with van der Waals surface area (Å²) in [5, 5.41) is 0. The van der Waals surface area contributed by atoms with Gasteiger partial charge in [0.05, 0.1) is 17.2 Å². The fourth-order valence-electron chi connectivity index (χ4n) is 3.48. The molecule has 5 nitrogen and oxygen atoms in total. The average Bonchev–Trinajstić information content (AvgIpc) is 2.78. The van der Waals surface area contributed by atoms with Gasteiger partial charge in [0.25, 0.3) is 10.0 Å². The fourth-order valence-corrected chi connectivity index (χ4v) is 4.93. The van der Waals surface area contributed by atoms with Gasteiger partial charge in [-0.3, -0.25) is 4.79 Å². The molecule has 3 aromatic carbocycles. The molecule has 0 unspecified atom stereocenters. The standard InChI is InChI=1S/C28H33NO4S/c1-21-8-14-24(15-9-21)29(34(31,32)26-18-10-22(2)11-19-26)27(30)7-6-20-33-25-16-12-23(13-17-25)28(3,4)5/h8-19H,6-7,20H2,1-5H3. The van der Waals surface area contributed by atoms with Crippen molar-refractivity contribution in [3.8, 4) is 5.75 Å². The lowest BCUT2D eigenvalue weighted by atomic mass is 9.87. The van der Waals surface area contributed by atoms with E-state index in [1.165, 1.54) is 17.7 Å². The molecular weight excluding hydrogens is 446 g/mol. The highest BCUT2D eigenvalue weighted by Gasteiger charge is 2.30. The Morgan fingerprint density at radius 1 is 0.824 bits per heavy atom. The van der Waals surface area contributed by atoms with Gasteiger partial charge in [0, 0.05) is 6.42 Å². The Morgan fingerprint density at radius 2 is 1.35 bits per heavy atom. The zero-order valence-corrected chi connectivity index (χ0v) is 21.4. The molecule has 0 radical (unpaired) electrons. The molecule has 0 atom stereocenters. The number of carbonyl (C=O) groups is 1. The van der Waals surface area contributed by atoms with Gasteiger partial charge in [0.15, 0.2) is 0 Å². The topological polar surface area (TPSA) is 63.7 Å². The molecule has 0 aliphatic carbocycles. The van der Waals surface area contributed by atoms with Gasteiger partial charge in [0.2, 0.25) is 5.91 Å². The van der Waals surface area contributed by atoms with Gasteiger partial charge in [-0.05, 0) is 67.6 Å². The first-order valence-electron chi connectivity index (χ1n) is 11.4. The highest BCUT2D eigenvalue weighted by atomic mass is 32.2. The van der Waals surface area contributed by atoms with Crippen LogP contribution in [0.15, 0.2) is 77.7 Å². The van der Waals surface area contributed by atoms with E-state index in [-0.39, 0.29) is 16.7 Å².